The van der Waals surface area contributed by atoms with E-state index in [1.54, 1.807) is 0 Å². The minimum absolute atomic E-state index is 0.0420. The van der Waals surface area contributed by atoms with E-state index in [-0.39, 0.29) is 5.91 Å². The van der Waals surface area contributed by atoms with Gasteiger partial charge >= 0.3 is 0 Å². The predicted octanol–water partition coefficient (Wildman–Crippen LogP) is 4.86. The van der Waals surface area contributed by atoms with Crippen molar-refractivity contribution in [3.05, 3.63) is 84.4 Å². The van der Waals surface area contributed by atoms with Gasteiger partial charge in [-0.15, -0.1) is 0 Å². The van der Waals surface area contributed by atoms with Crippen LogP contribution in [-0.2, 0) is 0 Å². The second-order valence-corrected chi connectivity index (χ2v) is 7.10. The summed E-state index contributed by atoms with van der Waals surface area (Å²) >= 11 is 0. The molecule has 1 amide bonds. The SMILES string of the molecule is O=C(NC1CC1)c1ccc2nc(-c3ccccc3)c(-c3ccccc3)nc2c1. The number of hydrogen-bond donors (Lipinski definition) is 1. The van der Waals surface area contributed by atoms with Gasteiger partial charge in [-0.1, -0.05) is 60.7 Å². The molecule has 1 heterocycles. The zero-order chi connectivity index (χ0) is 18.9. The highest BCUT2D eigenvalue weighted by Gasteiger charge is 2.24. The summed E-state index contributed by atoms with van der Waals surface area (Å²) in [6.07, 6.45) is 2.13. The molecular formula is C24H19N3O. The first-order valence-electron chi connectivity index (χ1n) is 9.51. The predicted molar refractivity (Wildman–Crippen MR) is 111 cm³/mol. The molecule has 28 heavy (non-hydrogen) atoms. The van der Waals surface area contributed by atoms with Crippen molar-refractivity contribution < 1.29 is 4.79 Å². The van der Waals surface area contributed by atoms with E-state index < -0.39 is 0 Å². The normalized spacial score (nSPS) is 13.4. The third-order valence-electron chi connectivity index (χ3n) is 4.93. The average Bonchev–Trinajstić information content (AvgIpc) is 3.57. The molecule has 3 aromatic carbocycles. The van der Waals surface area contributed by atoms with Gasteiger partial charge in [-0.3, -0.25) is 4.79 Å². The van der Waals surface area contributed by atoms with E-state index in [1.165, 1.54) is 0 Å². The molecule has 0 atom stereocenters. The lowest BCUT2D eigenvalue weighted by atomic mass is 10.0. The zero-order valence-corrected chi connectivity index (χ0v) is 15.3. The molecule has 136 valence electrons. The smallest absolute Gasteiger partial charge is 0.251 e. The lowest BCUT2D eigenvalue weighted by Gasteiger charge is -2.11. The molecule has 0 spiro atoms. The maximum Gasteiger partial charge on any atom is 0.251 e. The Bertz CT molecular complexity index is 1150. The topological polar surface area (TPSA) is 54.9 Å². The lowest BCUT2D eigenvalue weighted by molar-refractivity contribution is 0.0951. The number of amides is 1. The van der Waals surface area contributed by atoms with Crippen LogP contribution in [0.15, 0.2) is 78.9 Å². The van der Waals surface area contributed by atoms with Crippen LogP contribution in [0.4, 0.5) is 0 Å². The van der Waals surface area contributed by atoms with Crippen LogP contribution < -0.4 is 5.32 Å². The van der Waals surface area contributed by atoms with Gasteiger partial charge in [0.2, 0.25) is 0 Å². The van der Waals surface area contributed by atoms with Crippen LogP contribution in [0.1, 0.15) is 23.2 Å². The number of benzene rings is 3. The van der Waals surface area contributed by atoms with E-state index in [4.69, 9.17) is 9.97 Å². The molecule has 0 bridgehead atoms. The van der Waals surface area contributed by atoms with Crippen LogP contribution in [0.3, 0.4) is 0 Å². The fourth-order valence-electron chi connectivity index (χ4n) is 3.29. The Labute approximate surface area is 163 Å². The van der Waals surface area contributed by atoms with E-state index >= 15 is 0 Å². The monoisotopic (exact) mass is 365 g/mol. The molecule has 1 fully saturated rings. The summed E-state index contributed by atoms with van der Waals surface area (Å²) in [4.78, 5) is 22.2. The fraction of sp³-hybridized carbons (Fsp3) is 0.125. The summed E-state index contributed by atoms with van der Waals surface area (Å²) in [5.41, 5.74) is 5.81. The van der Waals surface area contributed by atoms with E-state index in [0.717, 1.165) is 46.4 Å². The van der Waals surface area contributed by atoms with E-state index in [1.807, 2.05) is 78.9 Å². The maximum atomic E-state index is 12.4. The van der Waals surface area contributed by atoms with Crippen molar-refractivity contribution in [1.29, 1.82) is 0 Å². The highest BCUT2D eigenvalue weighted by atomic mass is 16.1. The highest BCUT2D eigenvalue weighted by molar-refractivity contribution is 5.98. The Hall–Kier alpha value is -3.53. The number of carbonyl (C=O) groups excluding carboxylic acids is 1. The van der Waals surface area contributed by atoms with E-state index in [2.05, 4.69) is 5.32 Å². The Morgan fingerprint density at radius 2 is 1.32 bits per heavy atom. The molecule has 1 aliphatic rings. The molecule has 0 aliphatic heterocycles. The Morgan fingerprint density at radius 3 is 1.89 bits per heavy atom. The van der Waals surface area contributed by atoms with E-state index in [0.29, 0.717) is 11.6 Å². The number of fused-ring (bicyclic) bond motifs is 1. The van der Waals surface area contributed by atoms with Gasteiger partial charge in [-0.2, -0.15) is 0 Å². The molecule has 1 aromatic heterocycles. The summed E-state index contributed by atoms with van der Waals surface area (Å²) in [5, 5.41) is 3.03. The quantitative estimate of drug-likeness (QED) is 0.562. The summed E-state index contributed by atoms with van der Waals surface area (Å²) in [6, 6.07) is 26.0. The number of rotatable bonds is 4. The van der Waals surface area contributed by atoms with Gasteiger partial charge in [0.05, 0.1) is 22.4 Å². The maximum absolute atomic E-state index is 12.4. The van der Waals surface area contributed by atoms with Crippen LogP contribution in [0.5, 0.6) is 0 Å². The Kier molecular flexibility index (Phi) is 4.09. The lowest BCUT2D eigenvalue weighted by Crippen LogP contribution is -2.25. The molecule has 0 saturated heterocycles. The molecule has 0 unspecified atom stereocenters. The first-order chi connectivity index (χ1) is 13.8. The van der Waals surface area contributed by atoms with Gasteiger partial charge < -0.3 is 5.32 Å². The van der Waals surface area contributed by atoms with Gasteiger partial charge in [0, 0.05) is 22.7 Å². The minimum atomic E-state index is -0.0420. The minimum Gasteiger partial charge on any atom is -0.349 e. The molecule has 4 aromatic rings. The largest absolute Gasteiger partial charge is 0.349 e. The van der Waals surface area contributed by atoms with Crippen molar-refractivity contribution in [2.24, 2.45) is 0 Å². The second-order valence-electron chi connectivity index (χ2n) is 7.10. The third-order valence-corrected chi connectivity index (χ3v) is 4.93. The van der Waals surface area contributed by atoms with Crippen LogP contribution in [0.25, 0.3) is 33.5 Å². The van der Waals surface area contributed by atoms with Gasteiger partial charge in [0.15, 0.2) is 0 Å². The number of carbonyl (C=O) groups is 1. The van der Waals surface area contributed by atoms with Crippen molar-refractivity contribution in [1.82, 2.24) is 15.3 Å². The first kappa shape index (κ1) is 16.6. The number of nitrogens with one attached hydrogen (secondary N) is 1. The summed E-state index contributed by atoms with van der Waals surface area (Å²) in [5.74, 6) is -0.0420. The van der Waals surface area contributed by atoms with Crippen molar-refractivity contribution in [2.75, 3.05) is 0 Å². The van der Waals surface area contributed by atoms with Gasteiger partial charge in [-0.05, 0) is 31.0 Å². The molecule has 4 nitrogen and oxygen atoms in total. The highest BCUT2D eigenvalue weighted by Crippen LogP contribution is 2.31. The second kappa shape index (κ2) is 6.89. The van der Waals surface area contributed by atoms with Crippen LogP contribution in [-0.4, -0.2) is 21.9 Å². The Morgan fingerprint density at radius 1 is 0.750 bits per heavy atom. The van der Waals surface area contributed by atoms with Crippen LogP contribution >= 0.6 is 0 Å². The number of hydrogen-bond acceptors (Lipinski definition) is 3. The van der Waals surface area contributed by atoms with Crippen molar-refractivity contribution >= 4 is 16.9 Å². The summed E-state index contributed by atoms with van der Waals surface area (Å²) < 4.78 is 0. The third kappa shape index (κ3) is 3.25. The van der Waals surface area contributed by atoms with Crippen LogP contribution in [0.2, 0.25) is 0 Å². The molecule has 0 radical (unpaired) electrons. The van der Waals surface area contributed by atoms with Gasteiger partial charge in [0.1, 0.15) is 0 Å². The molecular weight excluding hydrogens is 346 g/mol. The first-order valence-corrected chi connectivity index (χ1v) is 9.51. The molecule has 1 saturated carbocycles. The van der Waals surface area contributed by atoms with E-state index in [9.17, 15) is 4.79 Å². The average molecular weight is 365 g/mol. The van der Waals surface area contributed by atoms with Gasteiger partial charge in [0.25, 0.3) is 5.91 Å². The van der Waals surface area contributed by atoms with Crippen molar-refractivity contribution in [3.63, 3.8) is 0 Å². The molecule has 1 aliphatic carbocycles. The number of aromatic nitrogens is 2. The molecule has 5 rings (SSSR count). The van der Waals surface area contributed by atoms with Gasteiger partial charge in [-0.25, -0.2) is 9.97 Å². The zero-order valence-electron chi connectivity index (χ0n) is 15.3. The van der Waals surface area contributed by atoms with Crippen molar-refractivity contribution in [3.8, 4) is 22.5 Å². The summed E-state index contributed by atoms with van der Waals surface area (Å²) in [7, 11) is 0. The summed E-state index contributed by atoms with van der Waals surface area (Å²) in [6.45, 7) is 0. The van der Waals surface area contributed by atoms with Crippen LogP contribution in [0, 0.1) is 0 Å². The number of nitrogens with zero attached hydrogens (tertiary/aromatic N) is 2. The van der Waals surface area contributed by atoms with Crippen molar-refractivity contribution in [2.45, 2.75) is 18.9 Å². The Balaban J connectivity index is 1.67. The fourth-order valence-corrected chi connectivity index (χ4v) is 3.29. The molecule has 1 N–H and O–H groups in total. The molecule has 4 heteroatoms. The standard InChI is InChI=1S/C24H19N3O/c28-24(25-19-12-13-19)18-11-14-20-21(15-18)27-23(17-9-5-2-6-10-17)22(26-20)16-7-3-1-4-8-16/h1-11,14-15,19H,12-13H2,(H,25,28).